The molecule has 2 fully saturated rings. The summed E-state index contributed by atoms with van der Waals surface area (Å²) in [7, 11) is 0. The zero-order valence-electron chi connectivity index (χ0n) is 15.1. The maximum Gasteiger partial charge on any atom is 0.254 e. The summed E-state index contributed by atoms with van der Waals surface area (Å²) < 4.78 is 0. The summed E-state index contributed by atoms with van der Waals surface area (Å²) in [5.41, 5.74) is 8.47. The normalized spacial score (nSPS) is 20.6. The van der Waals surface area contributed by atoms with Gasteiger partial charge < -0.3 is 15.5 Å². The molecule has 2 N–H and O–H groups in total. The van der Waals surface area contributed by atoms with Gasteiger partial charge in [0.2, 0.25) is 0 Å². The first-order chi connectivity index (χ1) is 12.7. The molecule has 1 amide bonds. The van der Waals surface area contributed by atoms with E-state index in [1.165, 1.54) is 25.9 Å². The number of aromatic nitrogens is 1. The molecule has 1 aromatic carbocycles. The topological polar surface area (TPSA) is 62.5 Å². The number of hydrogen-bond acceptors (Lipinski definition) is 4. The van der Waals surface area contributed by atoms with Gasteiger partial charge in [-0.15, -0.1) is 0 Å². The van der Waals surface area contributed by atoms with Crippen molar-refractivity contribution in [3.05, 3.63) is 48.2 Å². The second-order valence-corrected chi connectivity index (χ2v) is 7.35. The molecule has 2 aromatic rings. The van der Waals surface area contributed by atoms with E-state index in [4.69, 9.17) is 5.73 Å². The van der Waals surface area contributed by atoms with Gasteiger partial charge in [-0.05, 0) is 68.6 Å². The summed E-state index contributed by atoms with van der Waals surface area (Å²) in [6, 6.07) is 11.9. The van der Waals surface area contributed by atoms with Crippen molar-refractivity contribution in [2.24, 2.45) is 0 Å². The number of carbonyl (C=O) groups is 1. The van der Waals surface area contributed by atoms with Crippen molar-refractivity contribution in [1.82, 2.24) is 14.8 Å². The molecule has 0 bridgehead atoms. The lowest BCUT2D eigenvalue weighted by molar-refractivity contribution is 0.0709. The minimum Gasteiger partial charge on any atom is -0.384 e. The van der Waals surface area contributed by atoms with Crippen LogP contribution in [0.5, 0.6) is 0 Å². The van der Waals surface area contributed by atoms with Crippen LogP contribution in [-0.2, 0) is 0 Å². The fourth-order valence-electron chi connectivity index (χ4n) is 4.10. The Bertz CT molecular complexity index is 751. The van der Waals surface area contributed by atoms with Crippen molar-refractivity contribution in [1.29, 1.82) is 0 Å². The summed E-state index contributed by atoms with van der Waals surface area (Å²) in [6.45, 7) is 4.27. The zero-order valence-corrected chi connectivity index (χ0v) is 15.1. The fraction of sp³-hybridized carbons (Fsp3) is 0.429. The van der Waals surface area contributed by atoms with Gasteiger partial charge in [-0.2, -0.15) is 0 Å². The van der Waals surface area contributed by atoms with Gasteiger partial charge in [0.25, 0.3) is 5.91 Å². The highest BCUT2D eigenvalue weighted by Crippen LogP contribution is 2.24. The molecule has 1 atom stereocenters. The van der Waals surface area contributed by atoms with E-state index < -0.39 is 0 Å². The Hall–Kier alpha value is -2.40. The first kappa shape index (κ1) is 17.0. The molecule has 26 heavy (non-hydrogen) atoms. The van der Waals surface area contributed by atoms with Gasteiger partial charge in [-0.3, -0.25) is 4.79 Å². The van der Waals surface area contributed by atoms with E-state index in [1.54, 1.807) is 12.3 Å². The van der Waals surface area contributed by atoms with Gasteiger partial charge in [0, 0.05) is 36.5 Å². The highest BCUT2D eigenvalue weighted by molar-refractivity contribution is 5.95. The molecule has 1 aromatic heterocycles. The maximum atomic E-state index is 13.0. The van der Waals surface area contributed by atoms with Crippen LogP contribution >= 0.6 is 0 Å². The number of pyridine rings is 1. The molecule has 2 saturated heterocycles. The van der Waals surface area contributed by atoms with Crippen molar-refractivity contribution in [2.45, 2.75) is 31.7 Å². The lowest BCUT2D eigenvalue weighted by atomic mass is 10.0. The Balaban J connectivity index is 1.46. The van der Waals surface area contributed by atoms with Crippen molar-refractivity contribution < 1.29 is 4.79 Å². The van der Waals surface area contributed by atoms with Crippen LogP contribution in [0.1, 0.15) is 36.0 Å². The summed E-state index contributed by atoms with van der Waals surface area (Å²) in [5, 5.41) is 0. The monoisotopic (exact) mass is 350 g/mol. The number of anilines is 1. The average molecular weight is 350 g/mol. The SMILES string of the molecule is Nc1ccc(-c2ccc(C(=O)N3CCC[C@H]3CN3CCCC3)cc2)cn1. The Kier molecular flexibility index (Phi) is 4.89. The molecule has 5 nitrogen and oxygen atoms in total. The number of nitrogens with two attached hydrogens (primary N) is 1. The van der Waals surface area contributed by atoms with Gasteiger partial charge in [-0.25, -0.2) is 4.98 Å². The summed E-state index contributed by atoms with van der Waals surface area (Å²) in [4.78, 5) is 21.7. The van der Waals surface area contributed by atoms with Crippen LogP contribution in [0, 0.1) is 0 Å². The number of benzene rings is 1. The van der Waals surface area contributed by atoms with Crippen LogP contribution in [0.4, 0.5) is 5.82 Å². The molecule has 4 rings (SSSR count). The number of hydrogen-bond donors (Lipinski definition) is 1. The highest BCUT2D eigenvalue weighted by atomic mass is 16.2. The Labute approximate surface area is 154 Å². The third-order valence-electron chi connectivity index (χ3n) is 5.56. The zero-order chi connectivity index (χ0) is 17.9. The van der Waals surface area contributed by atoms with E-state index in [9.17, 15) is 4.79 Å². The number of carbonyl (C=O) groups excluding carboxylic acids is 1. The van der Waals surface area contributed by atoms with Gasteiger partial charge in [0.1, 0.15) is 5.82 Å². The molecule has 5 heteroatoms. The molecular formula is C21H26N4O. The van der Waals surface area contributed by atoms with Crippen molar-refractivity contribution in [2.75, 3.05) is 31.9 Å². The molecule has 2 aliphatic heterocycles. The van der Waals surface area contributed by atoms with E-state index in [-0.39, 0.29) is 5.91 Å². The fourth-order valence-corrected chi connectivity index (χ4v) is 4.10. The maximum absolute atomic E-state index is 13.0. The number of nitrogen functional groups attached to an aromatic ring is 1. The van der Waals surface area contributed by atoms with Crippen molar-refractivity contribution >= 4 is 11.7 Å². The summed E-state index contributed by atoms with van der Waals surface area (Å²) >= 11 is 0. The Morgan fingerprint density at radius 2 is 1.73 bits per heavy atom. The quantitative estimate of drug-likeness (QED) is 0.921. The average Bonchev–Trinajstić information content (AvgIpc) is 3.34. The number of rotatable bonds is 4. The van der Waals surface area contributed by atoms with Crippen LogP contribution < -0.4 is 5.73 Å². The molecular weight excluding hydrogens is 324 g/mol. The van der Waals surface area contributed by atoms with Gasteiger partial charge >= 0.3 is 0 Å². The van der Waals surface area contributed by atoms with Crippen LogP contribution in [0.2, 0.25) is 0 Å². The van der Waals surface area contributed by atoms with E-state index in [0.29, 0.717) is 11.9 Å². The second kappa shape index (κ2) is 7.46. The van der Waals surface area contributed by atoms with Crippen molar-refractivity contribution in [3.8, 4) is 11.1 Å². The molecule has 0 unspecified atom stereocenters. The molecule has 0 radical (unpaired) electrons. The lowest BCUT2D eigenvalue weighted by Gasteiger charge is -2.28. The standard InChI is InChI=1S/C21H26N4O/c22-20-10-9-18(14-23-20)16-5-7-17(8-6-16)21(26)25-13-3-4-19(25)15-24-11-1-2-12-24/h5-10,14,19H,1-4,11-13,15H2,(H2,22,23)/t19-/m0/s1. The van der Waals surface area contributed by atoms with E-state index >= 15 is 0 Å². The smallest absolute Gasteiger partial charge is 0.254 e. The number of nitrogens with zero attached hydrogens (tertiary/aromatic N) is 3. The van der Waals surface area contributed by atoms with Gasteiger partial charge in [0.15, 0.2) is 0 Å². The summed E-state index contributed by atoms with van der Waals surface area (Å²) in [6.07, 6.45) is 6.58. The third kappa shape index (κ3) is 3.58. The van der Waals surface area contributed by atoms with Crippen LogP contribution in [0.15, 0.2) is 42.6 Å². The molecule has 0 spiro atoms. The van der Waals surface area contributed by atoms with Crippen LogP contribution in [-0.4, -0.2) is 52.9 Å². The van der Waals surface area contributed by atoms with Crippen LogP contribution in [0.3, 0.4) is 0 Å². The predicted octanol–water partition coefficient (Wildman–Crippen LogP) is 3.03. The Morgan fingerprint density at radius 1 is 1.00 bits per heavy atom. The third-order valence-corrected chi connectivity index (χ3v) is 5.56. The number of amides is 1. The summed E-state index contributed by atoms with van der Waals surface area (Å²) in [5.74, 6) is 0.673. The van der Waals surface area contributed by atoms with Gasteiger partial charge in [-0.1, -0.05) is 12.1 Å². The van der Waals surface area contributed by atoms with Gasteiger partial charge in [0.05, 0.1) is 0 Å². The highest BCUT2D eigenvalue weighted by Gasteiger charge is 2.31. The van der Waals surface area contributed by atoms with E-state index in [0.717, 1.165) is 42.6 Å². The minimum absolute atomic E-state index is 0.161. The van der Waals surface area contributed by atoms with Crippen LogP contribution in [0.25, 0.3) is 11.1 Å². The molecule has 0 saturated carbocycles. The number of likely N-dealkylation sites (tertiary alicyclic amines) is 2. The lowest BCUT2D eigenvalue weighted by Crippen LogP contribution is -2.42. The molecule has 0 aliphatic carbocycles. The van der Waals surface area contributed by atoms with Crippen molar-refractivity contribution in [3.63, 3.8) is 0 Å². The molecule has 3 heterocycles. The first-order valence-corrected chi connectivity index (χ1v) is 9.56. The molecule has 2 aliphatic rings. The second-order valence-electron chi connectivity index (χ2n) is 7.35. The predicted molar refractivity (Wildman–Crippen MR) is 104 cm³/mol. The first-order valence-electron chi connectivity index (χ1n) is 9.56. The van der Waals surface area contributed by atoms with E-state index in [1.807, 2.05) is 30.3 Å². The van der Waals surface area contributed by atoms with E-state index in [2.05, 4.69) is 14.8 Å². The Morgan fingerprint density at radius 3 is 2.42 bits per heavy atom. The molecule has 136 valence electrons. The minimum atomic E-state index is 0.161. The largest absolute Gasteiger partial charge is 0.384 e.